The minimum atomic E-state index is -1.23. The molecular formula is C24H30BN3O5. The Bertz CT molecular complexity index is 996. The molecule has 8 nitrogen and oxygen atoms in total. The Morgan fingerprint density at radius 1 is 1.27 bits per heavy atom. The molecule has 5 N–H and O–H groups in total. The number of Topliss-reactive ketones (excluding diaryl/α,β-unsaturated/α-hetero) is 1. The number of carboxylic acid groups (broad SMARTS) is 1. The second kappa shape index (κ2) is 10.5. The number of aromatic nitrogens is 1. The summed E-state index contributed by atoms with van der Waals surface area (Å²) in [7, 11) is -1.23. The first-order valence-corrected chi connectivity index (χ1v) is 11.5. The zero-order valence-electron chi connectivity index (χ0n) is 18.6. The van der Waals surface area contributed by atoms with Gasteiger partial charge in [0.1, 0.15) is 11.5 Å². The van der Waals surface area contributed by atoms with Crippen molar-refractivity contribution in [2.75, 3.05) is 13.1 Å². The second-order valence-electron chi connectivity index (χ2n) is 9.14. The van der Waals surface area contributed by atoms with Gasteiger partial charge in [-0.25, -0.2) is 4.79 Å². The van der Waals surface area contributed by atoms with Crippen LogP contribution in [0.2, 0.25) is 5.82 Å². The Kier molecular flexibility index (Phi) is 7.42. The summed E-state index contributed by atoms with van der Waals surface area (Å²) in [6.07, 6.45) is 6.31. The van der Waals surface area contributed by atoms with Gasteiger partial charge >= 0.3 is 13.1 Å². The van der Waals surface area contributed by atoms with Gasteiger partial charge in [0.15, 0.2) is 0 Å². The van der Waals surface area contributed by atoms with Crippen LogP contribution in [0.3, 0.4) is 0 Å². The molecule has 1 aliphatic carbocycles. The summed E-state index contributed by atoms with van der Waals surface area (Å²) in [5.74, 6) is -0.629. The van der Waals surface area contributed by atoms with Crippen LogP contribution in [0, 0.1) is 5.92 Å². The standard InChI is InChI=1S/C24H30BN3O5/c26-21(14-27-12-15-3-1-4-15)22-8-7-16(13-28-22)9-19(29)11-18-10-17-5-2-6-20(24(30)31)23(17)33-25(18)32/h2,5-8,13,15,18,21,27,32H,1,3-4,9-12,14,26H2,(H,30,31)/t18-,21?/m1/s1. The molecule has 0 bridgehead atoms. The summed E-state index contributed by atoms with van der Waals surface area (Å²) in [6.45, 7) is 1.67. The summed E-state index contributed by atoms with van der Waals surface area (Å²) < 4.78 is 5.48. The van der Waals surface area contributed by atoms with E-state index in [1.54, 1.807) is 18.3 Å². The number of pyridine rings is 1. The Labute approximate surface area is 193 Å². The fraction of sp³-hybridized carbons (Fsp3) is 0.458. The van der Waals surface area contributed by atoms with Crippen LogP contribution < -0.4 is 15.7 Å². The number of nitrogens with two attached hydrogens (primary N) is 1. The average molecular weight is 451 g/mol. The van der Waals surface area contributed by atoms with Crippen molar-refractivity contribution >= 4 is 18.9 Å². The molecule has 0 saturated heterocycles. The van der Waals surface area contributed by atoms with E-state index in [0.29, 0.717) is 18.5 Å². The van der Waals surface area contributed by atoms with Crippen molar-refractivity contribution < 1.29 is 24.4 Å². The molecule has 1 saturated carbocycles. The third-order valence-electron chi connectivity index (χ3n) is 6.59. The Balaban J connectivity index is 1.28. The number of rotatable bonds is 10. The first-order valence-electron chi connectivity index (χ1n) is 11.5. The maximum absolute atomic E-state index is 12.6. The number of hydrogen-bond acceptors (Lipinski definition) is 7. The summed E-state index contributed by atoms with van der Waals surface area (Å²) in [6, 6.07) is 8.38. The quantitative estimate of drug-likeness (QED) is 0.404. The molecule has 174 valence electrons. The number of benzene rings is 1. The van der Waals surface area contributed by atoms with E-state index in [4.69, 9.17) is 10.4 Å². The van der Waals surface area contributed by atoms with E-state index < -0.39 is 18.9 Å². The molecule has 2 aromatic rings. The average Bonchev–Trinajstić information content (AvgIpc) is 2.75. The first kappa shape index (κ1) is 23.4. The highest BCUT2D eigenvalue weighted by molar-refractivity contribution is 6.47. The maximum Gasteiger partial charge on any atom is 0.526 e. The van der Waals surface area contributed by atoms with Crippen molar-refractivity contribution in [3.8, 4) is 5.75 Å². The largest absolute Gasteiger partial charge is 0.535 e. The number of fused-ring (bicyclic) bond motifs is 1. The van der Waals surface area contributed by atoms with E-state index >= 15 is 0 Å². The number of hydrogen-bond donors (Lipinski definition) is 4. The topological polar surface area (TPSA) is 135 Å². The van der Waals surface area contributed by atoms with Crippen LogP contribution in [0.15, 0.2) is 36.5 Å². The summed E-state index contributed by atoms with van der Waals surface area (Å²) in [5, 5.41) is 23.1. The van der Waals surface area contributed by atoms with Gasteiger partial charge in [-0.1, -0.05) is 24.6 Å². The van der Waals surface area contributed by atoms with Gasteiger partial charge in [-0.05, 0) is 55.0 Å². The van der Waals surface area contributed by atoms with Crippen LogP contribution in [0.5, 0.6) is 5.75 Å². The number of carboxylic acids is 1. The van der Waals surface area contributed by atoms with E-state index in [1.165, 1.54) is 25.3 Å². The predicted octanol–water partition coefficient (Wildman–Crippen LogP) is 2.16. The molecule has 2 heterocycles. The van der Waals surface area contributed by atoms with E-state index in [0.717, 1.165) is 23.7 Å². The van der Waals surface area contributed by atoms with Gasteiger partial charge < -0.3 is 25.8 Å². The Morgan fingerprint density at radius 3 is 2.76 bits per heavy atom. The highest BCUT2D eigenvalue weighted by Crippen LogP contribution is 2.36. The molecule has 1 aromatic carbocycles. The molecule has 9 heteroatoms. The molecule has 0 radical (unpaired) electrons. The maximum atomic E-state index is 12.6. The van der Waals surface area contributed by atoms with Crippen molar-refractivity contribution in [2.45, 2.75) is 50.4 Å². The van der Waals surface area contributed by atoms with Crippen molar-refractivity contribution in [3.63, 3.8) is 0 Å². The SMILES string of the molecule is NC(CNCC1CCC1)c1ccc(CC(=O)C[C@H]2Cc3cccc(C(=O)O)c3OB2O)cn1. The van der Waals surface area contributed by atoms with E-state index in [2.05, 4.69) is 10.3 Å². The molecule has 2 atom stereocenters. The smallest absolute Gasteiger partial charge is 0.526 e. The van der Waals surface area contributed by atoms with Crippen LogP contribution in [0.25, 0.3) is 0 Å². The van der Waals surface area contributed by atoms with Crippen LogP contribution in [-0.2, 0) is 17.6 Å². The van der Waals surface area contributed by atoms with Gasteiger partial charge in [-0.15, -0.1) is 0 Å². The number of carbonyl (C=O) groups excluding carboxylic acids is 1. The molecular weight excluding hydrogens is 421 g/mol. The molecule has 1 fully saturated rings. The highest BCUT2D eigenvalue weighted by atomic mass is 16.5. The molecule has 0 spiro atoms. The number of ketones is 1. The molecule has 1 aliphatic heterocycles. The van der Waals surface area contributed by atoms with Crippen LogP contribution >= 0.6 is 0 Å². The van der Waals surface area contributed by atoms with Gasteiger partial charge in [0.25, 0.3) is 0 Å². The molecule has 0 amide bonds. The fourth-order valence-corrected chi connectivity index (χ4v) is 4.42. The van der Waals surface area contributed by atoms with Crippen LogP contribution in [-0.4, -0.2) is 47.1 Å². The lowest BCUT2D eigenvalue weighted by Gasteiger charge is -2.28. The monoisotopic (exact) mass is 451 g/mol. The van der Waals surface area contributed by atoms with Crippen molar-refractivity contribution in [1.82, 2.24) is 10.3 Å². The summed E-state index contributed by atoms with van der Waals surface area (Å²) >= 11 is 0. The molecule has 33 heavy (non-hydrogen) atoms. The third-order valence-corrected chi connectivity index (χ3v) is 6.59. The number of nitrogens with one attached hydrogen (secondary N) is 1. The molecule has 2 aliphatic rings. The number of carbonyl (C=O) groups is 2. The van der Waals surface area contributed by atoms with Gasteiger partial charge in [-0.3, -0.25) is 9.78 Å². The molecule has 1 unspecified atom stereocenters. The predicted molar refractivity (Wildman–Crippen MR) is 124 cm³/mol. The second-order valence-corrected chi connectivity index (χ2v) is 9.14. The molecule has 1 aromatic heterocycles. The number of para-hydroxylation sites is 1. The van der Waals surface area contributed by atoms with E-state index in [9.17, 15) is 19.7 Å². The Morgan fingerprint density at radius 2 is 2.09 bits per heavy atom. The summed E-state index contributed by atoms with van der Waals surface area (Å²) in [5.41, 5.74) is 8.50. The number of nitrogens with zero attached hydrogens (tertiary/aromatic N) is 1. The number of aromatic carboxylic acids is 1. The zero-order chi connectivity index (χ0) is 23.4. The minimum absolute atomic E-state index is 0.0129. The zero-order valence-corrected chi connectivity index (χ0v) is 18.6. The van der Waals surface area contributed by atoms with Gasteiger partial charge in [0.2, 0.25) is 0 Å². The lowest BCUT2D eigenvalue weighted by Crippen LogP contribution is -2.36. The minimum Gasteiger partial charge on any atom is -0.535 e. The van der Waals surface area contributed by atoms with Crippen LogP contribution in [0.4, 0.5) is 0 Å². The highest BCUT2D eigenvalue weighted by Gasteiger charge is 2.37. The lowest BCUT2D eigenvalue weighted by molar-refractivity contribution is -0.118. The van der Waals surface area contributed by atoms with Crippen molar-refractivity contribution in [2.24, 2.45) is 11.7 Å². The normalized spacial score (nSPS) is 18.7. The lowest BCUT2D eigenvalue weighted by atomic mass is 9.64. The third kappa shape index (κ3) is 5.79. The molecule has 4 rings (SSSR count). The van der Waals surface area contributed by atoms with Gasteiger partial charge in [0.05, 0.1) is 17.3 Å². The van der Waals surface area contributed by atoms with Crippen molar-refractivity contribution in [3.05, 3.63) is 58.9 Å². The van der Waals surface area contributed by atoms with E-state index in [-0.39, 0.29) is 36.0 Å². The summed E-state index contributed by atoms with van der Waals surface area (Å²) in [4.78, 5) is 28.5. The fourth-order valence-electron chi connectivity index (χ4n) is 4.42. The van der Waals surface area contributed by atoms with Crippen molar-refractivity contribution in [1.29, 1.82) is 0 Å². The van der Waals surface area contributed by atoms with Gasteiger partial charge in [0, 0.05) is 31.4 Å². The Hall–Kier alpha value is -2.75. The van der Waals surface area contributed by atoms with Crippen LogP contribution in [0.1, 0.15) is 58.9 Å². The van der Waals surface area contributed by atoms with E-state index in [1.807, 2.05) is 12.1 Å². The first-order chi connectivity index (χ1) is 15.9. The van der Waals surface area contributed by atoms with Gasteiger partial charge in [-0.2, -0.15) is 0 Å².